The lowest BCUT2D eigenvalue weighted by atomic mass is 10.2. The molecule has 0 saturated carbocycles. The first-order valence-electron chi connectivity index (χ1n) is 5.19. The van der Waals surface area contributed by atoms with Gasteiger partial charge in [-0.15, -0.1) is 0 Å². The molecule has 0 radical (unpaired) electrons. The molecule has 0 aliphatic carbocycles. The minimum Gasteiger partial charge on any atom is -0.237 e. The second-order valence-electron chi connectivity index (χ2n) is 3.52. The third kappa shape index (κ3) is 1.92. The summed E-state index contributed by atoms with van der Waals surface area (Å²) in [5, 5.41) is 4.44. The van der Waals surface area contributed by atoms with E-state index in [0.717, 1.165) is 17.8 Å². The maximum atomic E-state index is 4.44. The summed E-state index contributed by atoms with van der Waals surface area (Å²) in [6.07, 6.45) is 8.56. The van der Waals surface area contributed by atoms with E-state index in [-0.39, 0.29) is 0 Å². The topological polar surface area (TPSA) is 30.2 Å². The number of aromatic nitrogens is 3. The molecule has 2 heterocycles. The van der Waals surface area contributed by atoms with Gasteiger partial charge in [0, 0.05) is 18.5 Å². The van der Waals surface area contributed by atoms with Gasteiger partial charge in [-0.25, -0.2) is 9.50 Å². The second-order valence-corrected chi connectivity index (χ2v) is 3.52. The summed E-state index contributed by atoms with van der Waals surface area (Å²) in [5.74, 6) is 0. The van der Waals surface area contributed by atoms with Gasteiger partial charge in [-0.3, -0.25) is 0 Å². The number of fused-ring (bicyclic) bond motifs is 1. The quantitative estimate of drug-likeness (QED) is 0.691. The normalized spacial score (nSPS) is 10.9. The molecule has 2 aromatic heterocycles. The van der Waals surface area contributed by atoms with E-state index in [1.807, 2.05) is 16.8 Å². The van der Waals surface area contributed by atoms with Gasteiger partial charge in [-0.05, 0) is 18.9 Å². The molecule has 0 aliphatic heterocycles. The summed E-state index contributed by atoms with van der Waals surface area (Å²) >= 11 is 0. The SMILES string of the molecule is CCCCCc1cc2ncccn2n1. The molecule has 0 saturated heterocycles. The van der Waals surface area contributed by atoms with Crippen LogP contribution in [0.2, 0.25) is 0 Å². The Labute approximate surface area is 83.8 Å². The molecule has 0 aromatic carbocycles. The second kappa shape index (κ2) is 4.22. The monoisotopic (exact) mass is 189 g/mol. The highest BCUT2D eigenvalue weighted by atomic mass is 15.2. The fourth-order valence-corrected chi connectivity index (χ4v) is 1.56. The highest BCUT2D eigenvalue weighted by molar-refractivity contribution is 5.38. The van der Waals surface area contributed by atoms with Crippen LogP contribution in [-0.2, 0) is 6.42 Å². The van der Waals surface area contributed by atoms with Crippen LogP contribution in [0.3, 0.4) is 0 Å². The Bertz CT molecular complexity index is 373. The Hall–Kier alpha value is -1.38. The van der Waals surface area contributed by atoms with E-state index < -0.39 is 0 Å². The van der Waals surface area contributed by atoms with Crippen LogP contribution in [0.25, 0.3) is 5.65 Å². The minimum absolute atomic E-state index is 0.944. The smallest absolute Gasteiger partial charge is 0.155 e. The fourth-order valence-electron chi connectivity index (χ4n) is 1.56. The predicted octanol–water partition coefficient (Wildman–Crippen LogP) is 2.46. The van der Waals surface area contributed by atoms with Crippen LogP contribution < -0.4 is 0 Å². The van der Waals surface area contributed by atoms with Gasteiger partial charge in [0.15, 0.2) is 5.65 Å². The first kappa shape index (κ1) is 9.19. The summed E-state index contributed by atoms with van der Waals surface area (Å²) in [4.78, 5) is 4.23. The molecular formula is C11H15N3. The van der Waals surface area contributed by atoms with Crippen LogP contribution in [0.4, 0.5) is 0 Å². The average molecular weight is 189 g/mol. The fraction of sp³-hybridized carbons (Fsp3) is 0.455. The van der Waals surface area contributed by atoms with Gasteiger partial charge in [0.1, 0.15) is 0 Å². The van der Waals surface area contributed by atoms with Gasteiger partial charge in [-0.1, -0.05) is 19.8 Å². The van der Waals surface area contributed by atoms with E-state index in [1.54, 1.807) is 6.20 Å². The van der Waals surface area contributed by atoms with E-state index in [0.29, 0.717) is 0 Å². The zero-order chi connectivity index (χ0) is 9.80. The Morgan fingerprint density at radius 3 is 3.07 bits per heavy atom. The van der Waals surface area contributed by atoms with Crippen molar-refractivity contribution in [2.75, 3.05) is 0 Å². The van der Waals surface area contributed by atoms with Crippen molar-refractivity contribution >= 4 is 5.65 Å². The van der Waals surface area contributed by atoms with Crippen molar-refractivity contribution < 1.29 is 0 Å². The van der Waals surface area contributed by atoms with Gasteiger partial charge in [-0.2, -0.15) is 5.10 Å². The Morgan fingerprint density at radius 2 is 2.29 bits per heavy atom. The van der Waals surface area contributed by atoms with E-state index in [4.69, 9.17) is 0 Å². The summed E-state index contributed by atoms with van der Waals surface area (Å²) in [6.45, 7) is 2.21. The highest BCUT2D eigenvalue weighted by Crippen LogP contribution is 2.07. The molecule has 0 N–H and O–H groups in total. The molecule has 3 heteroatoms. The lowest BCUT2D eigenvalue weighted by Gasteiger charge is -1.93. The maximum absolute atomic E-state index is 4.44. The molecule has 74 valence electrons. The molecular weight excluding hydrogens is 174 g/mol. The van der Waals surface area contributed by atoms with Gasteiger partial charge in [0.05, 0.1) is 5.69 Å². The van der Waals surface area contributed by atoms with Gasteiger partial charge < -0.3 is 0 Å². The van der Waals surface area contributed by atoms with Crippen molar-refractivity contribution in [2.45, 2.75) is 32.6 Å². The minimum atomic E-state index is 0.944. The zero-order valence-corrected chi connectivity index (χ0v) is 8.48. The van der Waals surface area contributed by atoms with Gasteiger partial charge in [0.25, 0.3) is 0 Å². The van der Waals surface area contributed by atoms with Crippen LogP contribution in [-0.4, -0.2) is 14.6 Å². The lowest BCUT2D eigenvalue weighted by molar-refractivity contribution is 0.701. The molecule has 0 bridgehead atoms. The number of aryl methyl sites for hydroxylation is 1. The molecule has 0 unspecified atom stereocenters. The number of hydrogen-bond acceptors (Lipinski definition) is 2. The van der Waals surface area contributed by atoms with Crippen LogP contribution in [0.15, 0.2) is 24.5 Å². The van der Waals surface area contributed by atoms with Crippen molar-refractivity contribution in [2.24, 2.45) is 0 Å². The first-order chi connectivity index (χ1) is 6.90. The molecule has 0 fully saturated rings. The lowest BCUT2D eigenvalue weighted by Crippen LogP contribution is -1.89. The number of unbranched alkanes of at least 4 members (excludes halogenated alkanes) is 2. The molecule has 14 heavy (non-hydrogen) atoms. The van der Waals surface area contributed by atoms with E-state index in [1.165, 1.54) is 19.3 Å². The Morgan fingerprint density at radius 1 is 1.36 bits per heavy atom. The van der Waals surface area contributed by atoms with Crippen molar-refractivity contribution in [3.8, 4) is 0 Å². The van der Waals surface area contributed by atoms with Gasteiger partial charge in [0.2, 0.25) is 0 Å². The largest absolute Gasteiger partial charge is 0.237 e. The zero-order valence-electron chi connectivity index (χ0n) is 8.48. The predicted molar refractivity (Wildman–Crippen MR) is 56.2 cm³/mol. The van der Waals surface area contributed by atoms with Crippen molar-refractivity contribution in [3.05, 3.63) is 30.2 Å². The maximum Gasteiger partial charge on any atom is 0.155 e. The van der Waals surface area contributed by atoms with Crippen LogP contribution >= 0.6 is 0 Å². The van der Waals surface area contributed by atoms with Crippen LogP contribution in [0.1, 0.15) is 31.9 Å². The molecule has 0 spiro atoms. The van der Waals surface area contributed by atoms with Crippen LogP contribution in [0.5, 0.6) is 0 Å². The van der Waals surface area contributed by atoms with Crippen LogP contribution in [0, 0.1) is 0 Å². The Kier molecular flexibility index (Phi) is 2.77. The van der Waals surface area contributed by atoms with E-state index >= 15 is 0 Å². The Balaban J connectivity index is 2.11. The standard InChI is InChI=1S/C11H15N3/c1-2-3-4-6-10-9-11-12-7-5-8-14(11)13-10/h5,7-9H,2-4,6H2,1H3. The van der Waals surface area contributed by atoms with E-state index in [2.05, 4.69) is 23.1 Å². The number of hydrogen-bond donors (Lipinski definition) is 0. The van der Waals surface area contributed by atoms with Crippen molar-refractivity contribution in [1.82, 2.24) is 14.6 Å². The number of nitrogens with zero attached hydrogens (tertiary/aromatic N) is 3. The summed E-state index contributed by atoms with van der Waals surface area (Å²) < 4.78 is 1.83. The average Bonchev–Trinajstić information content (AvgIpc) is 2.60. The summed E-state index contributed by atoms with van der Waals surface area (Å²) in [5.41, 5.74) is 2.09. The first-order valence-corrected chi connectivity index (χ1v) is 5.19. The van der Waals surface area contributed by atoms with Crippen molar-refractivity contribution in [1.29, 1.82) is 0 Å². The molecule has 0 atom stereocenters. The van der Waals surface area contributed by atoms with E-state index in [9.17, 15) is 0 Å². The highest BCUT2D eigenvalue weighted by Gasteiger charge is 2.00. The molecule has 0 aliphatic rings. The molecule has 3 nitrogen and oxygen atoms in total. The third-order valence-corrected chi connectivity index (χ3v) is 2.32. The molecule has 2 aromatic rings. The van der Waals surface area contributed by atoms with Crippen molar-refractivity contribution in [3.63, 3.8) is 0 Å². The number of rotatable bonds is 4. The third-order valence-electron chi connectivity index (χ3n) is 2.32. The van der Waals surface area contributed by atoms with Gasteiger partial charge >= 0.3 is 0 Å². The summed E-state index contributed by atoms with van der Waals surface area (Å²) in [7, 11) is 0. The molecule has 0 amide bonds. The molecule has 2 rings (SSSR count). The summed E-state index contributed by atoms with van der Waals surface area (Å²) in [6, 6.07) is 3.96.